The molecule has 0 saturated heterocycles. The highest BCUT2D eigenvalue weighted by molar-refractivity contribution is 7.03. The van der Waals surface area contributed by atoms with Gasteiger partial charge in [0, 0.05) is 17.6 Å². The van der Waals surface area contributed by atoms with Crippen LogP contribution in [0.15, 0.2) is 23.7 Å². The lowest BCUT2D eigenvalue weighted by Gasteiger charge is -2.04. The summed E-state index contributed by atoms with van der Waals surface area (Å²) in [6.45, 7) is 0.622. The van der Waals surface area contributed by atoms with Crippen LogP contribution in [-0.2, 0) is 6.54 Å². The second-order valence-corrected chi connectivity index (χ2v) is 3.44. The molecule has 0 bridgehead atoms. The standard InChI is InChI=1S/C9H10N4OS/c1-14-8-2-3-10-9(4-8)11-5-7-6-15-13-12-7/h2-4,6H,5H2,1H3,(H,10,11). The molecular weight excluding hydrogens is 212 g/mol. The van der Waals surface area contributed by atoms with Gasteiger partial charge in [0.2, 0.25) is 0 Å². The molecule has 2 aromatic heterocycles. The van der Waals surface area contributed by atoms with Crippen LogP contribution in [0.5, 0.6) is 5.75 Å². The molecule has 2 aromatic rings. The van der Waals surface area contributed by atoms with Gasteiger partial charge in [0.1, 0.15) is 11.6 Å². The van der Waals surface area contributed by atoms with Gasteiger partial charge in [0.25, 0.3) is 0 Å². The first-order valence-electron chi connectivity index (χ1n) is 4.38. The van der Waals surface area contributed by atoms with Crippen molar-refractivity contribution in [2.75, 3.05) is 12.4 Å². The molecule has 0 amide bonds. The molecular formula is C9H10N4OS. The van der Waals surface area contributed by atoms with E-state index in [9.17, 15) is 0 Å². The van der Waals surface area contributed by atoms with Crippen LogP contribution < -0.4 is 10.1 Å². The highest BCUT2D eigenvalue weighted by Crippen LogP contribution is 2.14. The first kappa shape index (κ1) is 9.85. The van der Waals surface area contributed by atoms with Crippen LogP contribution in [0.4, 0.5) is 5.82 Å². The lowest BCUT2D eigenvalue weighted by molar-refractivity contribution is 0.414. The van der Waals surface area contributed by atoms with Crippen molar-refractivity contribution in [3.63, 3.8) is 0 Å². The summed E-state index contributed by atoms with van der Waals surface area (Å²) >= 11 is 1.34. The van der Waals surface area contributed by atoms with Crippen LogP contribution >= 0.6 is 11.5 Å². The quantitative estimate of drug-likeness (QED) is 0.850. The minimum absolute atomic E-state index is 0.622. The Balaban J connectivity index is 1.98. The zero-order valence-corrected chi connectivity index (χ0v) is 8.99. The Bertz CT molecular complexity index is 418. The van der Waals surface area contributed by atoms with E-state index in [1.54, 1.807) is 19.4 Å². The summed E-state index contributed by atoms with van der Waals surface area (Å²) in [5.74, 6) is 1.55. The van der Waals surface area contributed by atoms with Crippen molar-refractivity contribution in [2.24, 2.45) is 0 Å². The van der Waals surface area contributed by atoms with Gasteiger partial charge in [0.15, 0.2) is 0 Å². The second-order valence-electron chi connectivity index (χ2n) is 2.83. The minimum atomic E-state index is 0.622. The van der Waals surface area contributed by atoms with E-state index in [1.165, 1.54) is 11.5 Å². The summed E-state index contributed by atoms with van der Waals surface area (Å²) in [6, 6.07) is 3.63. The summed E-state index contributed by atoms with van der Waals surface area (Å²) in [5, 5.41) is 8.95. The zero-order chi connectivity index (χ0) is 10.5. The van der Waals surface area contributed by atoms with E-state index < -0.39 is 0 Å². The third kappa shape index (κ3) is 2.63. The number of rotatable bonds is 4. The SMILES string of the molecule is COc1ccnc(NCc2csnn2)c1. The fourth-order valence-corrected chi connectivity index (χ4v) is 1.53. The van der Waals surface area contributed by atoms with Gasteiger partial charge >= 0.3 is 0 Å². The van der Waals surface area contributed by atoms with Gasteiger partial charge in [-0.25, -0.2) is 4.98 Å². The zero-order valence-electron chi connectivity index (χ0n) is 8.17. The third-order valence-corrected chi connectivity index (χ3v) is 2.38. The Morgan fingerprint density at radius 3 is 3.20 bits per heavy atom. The Morgan fingerprint density at radius 1 is 1.53 bits per heavy atom. The average molecular weight is 222 g/mol. The van der Waals surface area contributed by atoms with E-state index in [2.05, 4.69) is 19.9 Å². The fraction of sp³-hybridized carbons (Fsp3) is 0.222. The van der Waals surface area contributed by atoms with Crippen LogP contribution in [-0.4, -0.2) is 21.7 Å². The maximum Gasteiger partial charge on any atom is 0.129 e. The van der Waals surface area contributed by atoms with Crippen LogP contribution in [0.2, 0.25) is 0 Å². The van der Waals surface area contributed by atoms with E-state index in [1.807, 2.05) is 11.4 Å². The monoisotopic (exact) mass is 222 g/mol. The number of aromatic nitrogens is 3. The topological polar surface area (TPSA) is 59.9 Å². The number of ether oxygens (including phenoxy) is 1. The van der Waals surface area contributed by atoms with Crippen molar-refractivity contribution in [1.29, 1.82) is 0 Å². The number of hydrogen-bond acceptors (Lipinski definition) is 6. The first-order chi connectivity index (χ1) is 7.38. The van der Waals surface area contributed by atoms with Crippen molar-refractivity contribution >= 4 is 17.4 Å². The molecule has 0 aliphatic carbocycles. The molecule has 0 spiro atoms. The van der Waals surface area contributed by atoms with Gasteiger partial charge in [-0.15, -0.1) is 5.10 Å². The molecule has 2 rings (SSSR count). The number of pyridine rings is 1. The average Bonchev–Trinajstić information content (AvgIpc) is 2.79. The Morgan fingerprint density at radius 2 is 2.47 bits per heavy atom. The summed E-state index contributed by atoms with van der Waals surface area (Å²) in [4.78, 5) is 4.15. The Labute approximate surface area is 91.3 Å². The Hall–Kier alpha value is -1.69. The predicted molar refractivity (Wildman–Crippen MR) is 58.0 cm³/mol. The van der Waals surface area contributed by atoms with Gasteiger partial charge in [-0.05, 0) is 17.6 Å². The maximum atomic E-state index is 5.09. The van der Waals surface area contributed by atoms with Crippen LogP contribution in [0, 0.1) is 0 Å². The molecule has 5 nitrogen and oxygen atoms in total. The first-order valence-corrected chi connectivity index (χ1v) is 5.22. The molecule has 2 heterocycles. The van der Waals surface area contributed by atoms with Crippen molar-refractivity contribution in [2.45, 2.75) is 6.54 Å². The van der Waals surface area contributed by atoms with Crippen molar-refractivity contribution < 1.29 is 4.74 Å². The summed E-state index contributed by atoms with van der Waals surface area (Å²) in [5.41, 5.74) is 0.907. The van der Waals surface area contributed by atoms with Gasteiger partial charge < -0.3 is 10.1 Å². The number of nitrogens with one attached hydrogen (secondary N) is 1. The molecule has 15 heavy (non-hydrogen) atoms. The lowest BCUT2D eigenvalue weighted by Crippen LogP contribution is -2.01. The molecule has 0 fully saturated rings. The second kappa shape index (κ2) is 4.70. The largest absolute Gasteiger partial charge is 0.497 e. The van der Waals surface area contributed by atoms with Crippen LogP contribution in [0.25, 0.3) is 0 Å². The summed E-state index contributed by atoms with van der Waals surface area (Å²) in [7, 11) is 1.63. The molecule has 6 heteroatoms. The minimum Gasteiger partial charge on any atom is -0.497 e. The van der Waals surface area contributed by atoms with E-state index in [0.717, 1.165) is 17.3 Å². The number of nitrogens with zero attached hydrogens (tertiary/aromatic N) is 3. The molecule has 0 atom stereocenters. The molecule has 0 saturated carbocycles. The smallest absolute Gasteiger partial charge is 0.129 e. The molecule has 1 N–H and O–H groups in total. The summed E-state index contributed by atoms with van der Waals surface area (Å²) in [6.07, 6.45) is 1.69. The number of hydrogen-bond donors (Lipinski definition) is 1. The number of anilines is 1. The van der Waals surface area contributed by atoms with Gasteiger partial charge in [-0.1, -0.05) is 4.49 Å². The summed E-state index contributed by atoms with van der Waals surface area (Å²) < 4.78 is 8.86. The van der Waals surface area contributed by atoms with Gasteiger partial charge in [-0.3, -0.25) is 0 Å². The predicted octanol–water partition coefficient (Wildman–Crippen LogP) is 1.55. The molecule has 0 aliphatic heterocycles. The van der Waals surface area contributed by atoms with E-state index in [-0.39, 0.29) is 0 Å². The molecule has 0 aromatic carbocycles. The lowest BCUT2D eigenvalue weighted by atomic mass is 10.4. The van der Waals surface area contributed by atoms with E-state index in [4.69, 9.17) is 4.74 Å². The van der Waals surface area contributed by atoms with Gasteiger partial charge in [0.05, 0.1) is 19.3 Å². The maximum absolute atomic E-state index is 5.09. The Kier molecular flexibility index (Phi) is 3.08. The van der Waals surface area contributed by atoms with Crippen molar-refractivity contribution in [1.82, 2.24) is 14.6 Å². The van der Waals surface area contributed by atoms with Crippen LogP contribution in [0.3, 0.4) is 0 Å². The van der Waals surface area contributed by atoms with E-state index in [0.29, 0.717) is 6.54 Å². The van der Waals surface area contributed by atoms with Crippen molar-refractivity contribution in [3.8, 4) is 5.75 Å². The molecule has 0 aliphatic rings. The van der Waals surface area contributed by atoms with Gasteiger partial charge in [-0.2, -0.15) is 0 Å². The highest BCUT2D eigenvalue weighted by atomic mass is 32.1. The number of methoxy groups -OCH3 is 1. The molecule has 78 valence electrons. The molecule has 0 radical (unpaired) electrons. The normalized spacial score (nSPS) is 9.93. The van der Waals surface area contributed by atoms with E-state index >= 15 is 0 Å². The highest BCUT2D eigenvalue weighted by Gasteiger charge is 1.98. The van der Waals surface area contributed by atoms with Crippen LogP contribution in [0.1, 0.15) is 5.69 Å². The van der Waals surface area contributed by atoms with Crippen molar-refractivity contribution in [3.05, 3.63) is 29.4 Å². The fourth-order valence-electron chi connectivity index (χ4n) is 1.08. The third-order valence-electron chi connectivity index (χ3n) is 1.82. The molecule has 0 unspecified atom stereocenters.